The smallest absolute Gasteiger partial charge is 0.243 e. The van der Waals surface area contributed by atoms with Gasteiger partial charge in [-0.15, -0.1) is 0 Å². The summed E-state index contributed by atoms with van der Waals surface area (Å²) in [4.78, 5) is 0.410. The Morgan fingerprint density at radius 1 is 1.20 bits per heavy atom. The van der Waals surface area contributed by atoms with Crippen molar-refractivity contribution < 1.29 is 13.2 Å². The maximum Gasteiger partial charge on any atom is 0.243 e. The van der Waals surface area contributed by atoms with Crippen molar-refractivity contribution in [3.63, 3.8) is 0 Å². The van der Waals surface area contributed by atoms with E-state index in [0.717, 1.165) is 19.3 Å². The van der Waals surface area contributed by atoms with Crippen molar-refractivity contribution in [2.75, 3.05) is 19.7 Å². The lowest BCUT2D eigenvalue weighted by atomic mass is 9.92. The van der Waals surface area contributed by atoms with Gasteiger partial charge in [-0.25, -0.2) is 8.42 Å². The Balaban J connectivity index is 1.53. The maximum absolute atomic E-state index is 13.1. The predicted octanol–water partition coefficient (Wildman–Crippen LogP) is 1.85. The molecule has 134 valence electrons. The van der Waals surface area contributed by atoms with Crippen LogP contribution in [0.3, 0.4) is 0 Å². The highest BCUT2D eigenvalue weighted by Gasteiger charge is 2.31. The molecular formula is C18H23N3O3S. The van der Waals surface area contributed by atoms with Gasteiger partial charge in [-0.05, 0) is 55.0 Å². The first-order valence-electron chi connectivity index (χ1n) is 8.84. The molecule has 2 aliphatic rings. The molecule has 1 atom stereocenters. The van der Waals surface area contributed by atoms with E-state index in [1.165, 1.54) is 17.5 Å². The number of sulfonamides is 1. The second-order valence-corrected chi connectivity index (χ2v) is 8.66. The van der Waals surface area contributed by atoms with Crippen molar-refractivity contribution >= 4 is 10.0 Å². The summed E-state index contributed by atoms with van der Waals surface area (Å²) in [7, 11) is -3.48. The first-order chi connectivity index (χ1) is 12.1. The second-order valence-electron chi connectivity index (χ2n) is 6.72. The number of fused-ring (bicyclic) bond motifs is 1. The Morgan fingerprint density at radius 3 is 2.84 bits per heavy atom. The maximum atomic E-state index is 13.1. The van der Waals surface area contributed by atoms with Gasteiger partial charge in [0, 0.05) is 25.5 Å². The summed E-state index contributed by atoms with van der Waals surface area (Å²) in [5, 5.41) is 4.17. The average molecular weight is 361 g/mol. The van der Waals surface area contributed by atoms with Gasteiger partial charge in [0.25, 0.3) is 0 Å². The predicted molar refractivity (Wildman–Crippen MR) is 93.8 cm³/mol. The molecule has 0 unspecified atom stereocenters. The molecular weight excluding hydrogens is 338 g/mol. The zero-order valence-corrected chi connectivity index (χ0v) is 15.0. The largest absolute Gasteiger partial charge is 0.374 e. The van der Waals surface area contributed by atoms with Crippen LogP contribution in [-0.4, -0.2) is 48.3 Å². The molecule has 1 saturated heterocycles. The SMILES string of the molecule is O=S(=O)(c1ccc2c(c1)CCCC2)N1CCO[C@@H](Cn2cccn2)C1. The van der Waals surface area contributed by atoms with Crippen molar-refractivity contribution in [1.29, 1.82) is 0 Å². The Hall–Kier alpha value is -1.70. The third-order valence-corrected chi connectivity index (χ3v) is 6.87. The van der Waals surface area contributed by atoms with Crippen LogP contribution in [0.25, 0.3) is 0 Å². The summed E-state index contributed by atoms with van der Waals surface area (Å²) < 4.78 is 35.2. The third-order valence-electron chi connectivity index (χ3n) is 5.01. The summed E-state index contributed by atoms with van der Waals surface area (Å²) in [5.74, 6) is 0. The van der Waals surface area contributed by atoms with Crippen LogP contribution < -0.4 is 0 Å². The lowest BCUT2D eigenvalue weighted by Gasteiger charge is -2.32. The summed E-state index contributed by atoms with van der Waals surface area (Å²) in [6, 6.07) is 7.48. The van der Waals surface area contributed by atoms with Gasteiger partial charge >= 0.3 is 0 Å². The summed E-state index contributed by atoms with van der Waals surface area (Å²) >= 11 is 0. The van der Waals surface area contributed by atoms with Gasteiger partial charge in [0.05, 0.1) is 24.2 Å². The van der Waals surface area contributed by atoms with E-state index in [-0.39, 0.29) is 6.10 Å². The van der Waals surface area contributed by atoms with Gasteiger partial charge in [-0.1, -0.05) is 6.07 Å². The minimum absolute atomic E-state index is 0.180. The lowest BCUT2D eigenvalue weighted by molar-refractivity contribution is -0.0120. The van der Waals surface area contributed by atoms with Crippen LogP contribution in [-0.2, 0) is 34.1 Å². The first-order valence-corrected chi connectivity index (χ1v) is 10.3. The molecule has 1 fully saturated rings. The number of ether oxygens (including phenoxy) is 1. The van der Waals surface area contributed by atoms with E-state index in [1.807, 2.05) is 24.4 Å². The lowest BCUT2D eigenvalue weighted by Crippen LogP contribution is -2.47. The molecule has 1 aromatic heterocycles. The molecule has 6 nitrogen and oxygen atoms in total. The number of aryl methyl sites for hydroxylation is 2. The van der Waals surface area contributed by atoms with Crippen LogP contribution >= 0.6 is 0 Å². The van der Waals surface area contributed by atoms with Crippen LogP contribution in [0.4, 0.5) is 0 Å². The summed E-state index contributed by atoms with van der Waals surface area (Å²) in [5.41, 5.74) is 2.48. The molecule has 0 amide bonds. The minimum Gasteiger partial charge on any atom is -0.374 e. The number of aromatic nitrogens is 2. The standard InChI is InChI=1S/C18H23N3O3S/c22-25(23,18-7-6-15-4-1-2-5-16(15)12-18)21-10-11-24-17(14-21)13-20-9-3-8-19-20/h3,6-9,12,17H,1-2,4-5,10-11,13-14H2/t17-/m0/s1. The molecule has 0 saturated carbocycles. The molecule has 25 heavy (non-hydrogen) atoms. The average Bonchev–Trinajstić information content (AvgIpc) is 3.14. The fraction of sp³-hybridized carbons (Fsp3) is 0.500. The van der Waals surface area contributed by atoms with Gasteiger partial charge in [0.2, 0.25) is 10.0 Å². The van der Waals surface area contributed by atoms with Gasteiger partial charge in [-0.3, -0.25) is 4.68 Å². The fourth-order valence-corrected chi connectivity index (χ4v) is 5.16. The molecule has 1 aliphatic carbocycles. The number of nitrogens with zero attached hydrogens (tertiary/aromatic N) is 3. The van der Waals surface area contributed by atoms with Crippen molar-refractivity contribution in [1.82, 2.24) is 14.1 Å². The number of hydrogen-bond acceptors (Lipinski definition) is 4. The Kier molecular flexibility index (Phi) is 4.62. The van der Waals surface area contributed by atoms with Gasteiger partial charge < -0.3 is 4.74 Å². The molecule has 2 aromatic rings. The van der Waals surface area contributed by atoms with Gasteiger partial charge in [-0.2, -0.15) is 9.40 Å². The molecule has 0 radical (unpaired) electrons. The van der Waals surface area contributed by atoms with Crippen molar-refractivity contribution in [2.45, 2.75) is 43.2 Å². The number of morpholine rings is 1. The monoisotopic (exact) mass is 361 g/mol. The summed E-state index contributed by atoms with van der Waals surface area (Å²) in [6.07, 6.45) is 7.76. The molecule has 0 spiro atoms. The first kappa shape index (κ1) is 16.8. The van der Waals surface area contributed by atoms with E-state index in [4.69, 9.17) is 4.74 Å². The van der Waals surface area contributed by atoms with E-state index >= 15 is 0 Å². The van der Waals surface area contributed by atoms with Crippen molar-refractivity contribution in [2.24, 2.45) is 0 Å². The fourth-order valence-electron chi connectivity index (χ4n) is 3.66. The van der Waals surface area contributed by atoms with Crippen LogP contribution in [0, 0.1) is 0 Å². The van der Waals surface area contributed by atoms with E-state index in [1.54, 1.807) is 21.3 Å². The molecule has 2 heterocycles. The second kappa shape index (κ2) is 6.90. The van der Waals surface area contributed by atoms with E-state index in [0.29, 0.717) is 31.1 Å². The van der Waals surface area contributed by atoms with Gasteiger partial charge in [0.1, 0.15) is 0 Å². The van der Waals surface area contributed by atoms with Crippen LogP contribution in [0.1, 0.15) is 24.0 Å². The van der Waals surface area contributed by atoms with Crippen molar-refractivity contribution in [3.05, 3.63) is 47.8 Å². The van der Waals surface area contributed by atoms with Crippen LogP contribution in [0.15, 0.2) is 41.6 Å². The molecule has 1 aliphatic heterocycles. The van der Waals surface area contributed by atoms with E-state index in [2.05, 4.69) is 5.10 Å². The Morgan fingerprint density at radius 2 is 2.04 bits per heavy atom. The molecule has 4 rings (SSSR count). The van der Waals surface area contributed by atoms with Crippen LogP contribution in [0.5, 0.6) is 0 Å². The summed E-state index contributed by atoms with van der Waals surface area (Å²) in [6.45, 7) is 1.73. The highest BCUT2D eigenvalue weighted by Crippen LogP contribution is 2.26. The number of rotatable bonds is 4. The van der Waals surface area contributed by atoms with E-state index < -0.39 is 10.0 Å². The topological polar surface area (TPSA) is 64.4 Å². The Bertz CT molecular complexity index is 833. The highest BCUT2D eigenvalue weighted by atomic mass is 32.2. The van der Waals surface area contributed by atoms with Crippen molar-refractivity contribution in [3.8, 4) is 0 Å². The minimum atomic E-state index is -3.48. The van der Waals surface area contributed by atoms with E-state index in [9.17, 15) is 8.42 Å². The zero-order valence-electron chi connectivity index (χ0n) is 14.2. The molecule has 7 heteroatoms. The number of benzene rings is 1. The van der Waals surface area contributed by atoms with Crippen LogP contribution in [0.2, 0.25) is 0 Å². The molecule has 0 bridgehead atoms. The quantitative estimate of drug-likeness (QED) is 0.834. The Labute approximate surface area is 148 Å². The third kappa shape index (κ3) is 3.49. The molecule has 0 N–H and O–H groups in total. The van der Waals surface area contributed by atoms with Gasteiger partial charge in [0.15, 0.2) is 0 Å². The number of hydrogen-bond donors (Lipinski definition) is 0. The zero-order chi connectivity index (χ0) is 17.3. The normalized spacial score (nSPS) is 21.8. The highest BCUT2D eigenvalue weighted by molar-refractivity contribution is 7.89. The molecule has 1 aromatic carbocycles.